The van der Waals surface area contributed by atoms with Crippen LogP contribution in [0.3, 0.4) is 0 Å². The van der Waals surface area contributed by atoms with E-state index in [2.05, 4.69) is 17.1 Å². The molecule has 14 heavy (non-hydrogen) atoms. The second-order valence-corrected chi connectivity index (χ2v) is 3.14. The molecule has 2 N–H and O–H groups in total. The third kappa shape index (κ3) is 2.13. The number of aromatic nitrogens is 1. The fraction of sp³-hybridized carbons (Fsp3) is 0.417. The van der Waals surface area contributed by atoms with Gasteiger partial charge in [-0.3, -0.25) is 0 Å². The maximum atomic E-state index is 5.64. The zero-order valence-corrected chi connectivity index (χ0v) is 9.17. The minimum atomic E-state index is 0.623. The van der Waals surface area contributed by atoms with Crippen molar-refractivity contribution >= 4 is 11.9 Å². The molecule has 1 aromatic heterocycles. The molecule has 1 aromatic rings. The average Bonchev–Trinajstić information content (AvgIpc) is 2.20. The lowest BCUT2D eigenvalue weighted by molar-refractivity contribution is 0.948. The minimum absolute atomic E-state index is 0.623. The zero-order valence-electron chi connectivity index (χ0n) is 9.17. The van der Waals surface area contributed by atoms with Gasteiger partial charge in [-0.2, -0.15) is 0 Å². The van der Waals surface area contributed by atoms with E-state index in [1.54, 1.807) is 0 Å². The molecule has 0 bridgehead atoms. The summed E-state index contributed by atoms with van der Waals surface area (Å²) in [5, 5.41) is 0. The highest BCUT2D eigenvalue weighted by Gasteiger charge is 2.08. The summed E-state index contributed by atoms with van der Waals surface area (Å²) in [6, 6.07) is 1.94. The van der Waals surface area contributed by atoms with E-state index in [0.29, 0.717) is 5.82 Å². The molecule has 1 aliphatic rings. The highest BCUT2D eigenvalue weighted by atomic mass is 14.8. The molecular weight excluding hydrogens is 172 g/mol. The van der Waals surface area contributed by atoms with Gasteiger partial charge in [-0.25, -0.2) is 4.98 Å². The number of rotatable bonds is 0. The van der Waals surface area contributed by atoms with Crippen LogP contribution in [0, 0.1) is 6.92 Å². The Morgan fingerprint density at radius 3 is 2.79 bits per heavy atom. The lowest BCUT2D eigenvalue weighted by Gasteiger charge is -2.12. The van der Waals surface area contributed by atoms with E-state index in [1.807, 2.05) is 26.8 Å². The Labute approximate surface area is 85.9 Å². The van der Waals surface area contributed by atoms with Crippen molar-refractivity contribution in [3.63, 3.8) is 0 Å². The predicted molar refractivity (Wildman–Crippen MR) is 62.1 cm³/mol. The van der Waals surface area contributed by atoms with Crippen LogP contribution in [0.5, 0.6) is 0 Å². The van der Waals surface area contributed by atoms with E-state index in [1.165, 1.54) is 11.1 Å². The van der Waals surface area contributed by atoms with Gasteiger partial charge in [0, 0.05) is 5.69 Å². The van der Waals surface area contributed by atoms with Gasteiger partial charge in [-0.15, -0.1) is 0 Å². The van der Waals surface area contributed by atoms with E-state index in [4.69, 9.17) is 5.73 Å². The number of nitrogens with two attached hydrogens (primary N) is 1. The summed E-state index contributed by atoms with van der Waals surface area (Å²) in [4.78, 5) is 4.23. The molecule has 2 nitrogen and oxygen atoms in total. The second-order valence-electron chi connectivity index (χ2n) is 3.14. The third-order valence-electron chi connectivity index (χ3n) is 2.24. The number of anilines is 1. The molecule has 76 valence electrons. The molecule has 0 atom stereocenters. The highest BCUT2D eigenvalue weighted by molar-refractivity contribution is 5.60. The fourth-order valence-corrected chi connectivity index (χ4v) is 1.66. The van der Waals surface area contributed by atoms with Crippen molar-refractivity contribution in [1.82, 2.24) is 4.98 Å². The quantitative estimate of drug-likeness (QED) is 0.683. The first-order chi connectivity index (χ1) is 6.77. The molecule has 0 aromatic carbocycles. The van der Waals surface area contributed by atoms with Crippen LogP contribution in [-0.2, 0) is 6.42 Å². The zero-order chi connectivity index (χ0) is 10.6. The van der Waals surface area contributed by atoms with Crippen LogP contribution in [-0.4, -0.2) is 4.98 Å². The number of nitrogen functional groups attached to an aromatic ring is 1. The maximum Gasteiger partial charge on any atom is 0.124 e. The molecule has 2 rings (SSSR count). The van der Waals surface area contributed by atoms with Crippen LogP contribution in [0.25, 0.3) is 6.08 Å². The molecule has 1 aliphatic carbocycles. The van der Waals surface area contributed by atoms with Crippen molar-refractivity contribution in [2.24, 2.45) is 0 Å². The van der Waals surface area contributed by atoms with E-state index >= 15 is 0 Å². The summed E-state index contributed by atoms with van der Waals surface area (Å²) >= 11 is 0. The van der Waals surface area contributed by atoms with Gasteiger partial charge in [0.25, 0.3) is 0 Å². The van der Waals surface area contributed by atoms with Crippen LogP contribution in [0.15, 0.2) is 12.1 Å². The molecule has 0 amide bonds. The van der Waals surface area contributed by atoms with Crippen LogP contribution in [0.4, 0.5) is 5.82 Å². The summed E-state index contributed by atoms with van der Waals surface area (Å²) < 4.78 is 0. The predicted octanol–water partition coefficient (Wildman–Crippen LogP) is 2.96. The molecule has 0 spiro atoms. The highest BCUT2D eigenvalue weighted by Crippen LogP contribution is 2.22. The smallest absolute Gasteiger partial charge is 0.124 e. The van der Waals surface area contributed by atoms with E-state index in [0.717, 1.165) is 18.5 Å². The number of hydrogen-bond donors (Lipinski definition) is 1. The lowest BCUT2D eigenvalue weighted by atomic mass is 9.97. The molecule has 0 aliphatic heterocycles. The largest absolute Gasteiger partial charge is 0.384 e. The van der Waals surface area contributed by atoms with Gasteiger partial charge in [0.15, 0.2) is 0 Å². The van der Waals surface area contributed by atoms with Crippen molar-refractivity contribution in [2.45, 2.75) is 33.6 Å². The SMILES string of the molecule is CC.Cc1nc(N)cc2c1CCC=C2. The van der Waals surface area contributed by atoms with Crippen molar-refractivity contribution in [2.75, 3.05) is 5.73 Å². The van der Waals surface area contributed by atoms with Gasteiger partial charge in [0.1, 0.15) is 5.82 Å². The van der Waals surface area contributed by atoms with E-state index < -0.39 is 0 Å². The lowest BCUT2D eigenvalue weighted by Crippen LogP contribution is -2.02. The summed E-state index contributed by atoms with van der Waals surface area (Å²) in [6.45, 7) is 6.02. The van der Waals surface area contributed by atoms with Crippen LogP contribution in [0.1, 0.15) is 37.1 Å². The van der Waals surface area contributed by atoms with Gasteiger partial charge < -0.3 is 5.73 Å². The molecular formula is C12H18N2. The van der Waals surface area contributed by atoms with Gasteiger partial charge in [0.2, 0.25) is 0 Å². The topological polar surface area (TPSA) is 38.9 Å². The third-order valence-corrected chi connectivity index (χ3v) is 2.24. The molecule has 1 heterocycles. The fourth-order valence-electron chi connectivity index (χ4n) is 1.66. The molecule has 0 saturated heterocycles. The molecule has 0 saturated carbocycles. The number of allylic oxidation sites excluding steroid dienone is 1. The molecule has 0 unspecified atom stereocenters. The average molecular weight is 190 g/mol. The van der Waals surface area contributed by atoms with Gasteiger partial charge in [-0.05, 0) is 37.0 Å². The Morgan fingerprint density at radius 2 is 2.07 bits per heavy atom. The Bertz CT molecular complexity index is 340. The van der Waals surface area contributed by atoms with Crippen molar-refractivity contribution in [3.05, 3.63) is 29.0 Å². The normalized spacial score (nSPS) is 12.8. The van der Waals surface area contributed by atoms with Crippen molar-refractivity contribution < 1.29 is 0 Å². The Morgan fingerprint density at radius 1 is 1.36 bits per heavy atom. The first kappa shape index (κ1) is 10.8. The molecule has 2 heteroatoms. The molecule has 0 radical (unpaired) electrons. The van der Waals surface area contributed by atoms with Gasteiger partial charge >= 0.3 is 0 Å². The number of fused-ring (bicyclic) bond motifs is 1. The van der Waals surface area contributed by atoms with E-state index in [-0.39, 0.29) is 0 Å². The number of nitrogens with zero attached hydrogens (tertiary/aromatic N) is 1. The first-order valence-corrected chi connectivity index (χ1v) is 5.20. The van der Waals surface area contributed by atoms with Crippen molar-refractivity contribution in [1.29, 1.82) is 0 Å². The van der Waals surface area contributed by atoms with Crippen LogP contribution >= 0.6 is 0 Å². The van der Waals surface area contributed by atoms with Crippen LogP contribution in [0.2, 0.25) is 0 Å². The van der Waals surface area contributed by atoms with Gasteiger partial charge in [-0.1, -0.05) is 26.0 Å². The molecule has 0 fully saturated rings. The Balaban J connectivity index is 0.000000461. The Hall–Kier alpha value is -1.31. The minimum Gasteiger partial charge on any atom is -0.384 e. The van der Waals surface area contributed by atoms with Gasteiger partial charge in [0.05, 0.1) is 0 Å². The summed E-state index contributed by atoms with van der Waals surface area (Å²) in [7, 11) is 0. The maximum absolute atomic E-state index is 5.64. The van der Waals surface area contributed by atoms with E-state index in [9.17, 15) is 0 Å². The summed E-state index contributed by atoms with van der Waals surface area (Å²) in [5.41, 5.74) is 9.31. The first-order valence-electron chi connectivity index (χ1n) is 5.20. The monoisotopic (exact) mass is 190 g/mol. The van der Waals surface area contributed by atoms with Crippen LogP contribution < -0.4 is 5.73 Å². The number of hydrogen-bond acceptors (Lipinski definition) is 2. The second kappa shape index (κ2) is 4.80. The number of aryl methyl sites for hydroxylation is 1. The Kier molecular flexibility index (Phi) is 3.69. The standard InChI is InChI=1S/C10H12N2.C2H6/c1-7-9-5-3-2-4-8(9)6-10(11)12-7;1-2/h2,4,6H,3,5H2,1H3,(H2,11,12);1-2H3. The number of pyridine rings is 1. The summed E-state index contributed by atoms with van der Waals surface area (Å²) in [5.74, 6) is 0.623. The van der Waals surface area contributed by atoms with Crippen molar-refractivity contribution in [3.8, 4) is 0 Å². The summed E-state index contributed by atoms with van der Waals surface area (Å²) in [6.07, 6.45) is 6.54.